The molecule has 0 aliphatic carbocycles. The normalized spacial score (nSPS) is 14.7. The maximum absolute atomic E-state index is 12.0. The summed E-state index contributed by atoms with van der Waals surface area (Å²) in [6.45, 7) is 3.92. The number of carbonyl (C=O) groups excluding carboxylic acids is 1. The first-order chi connectivity index (χ1) is 14.1. The van der Waals surface area contributed by atoms with Crippen molar-refractivity contribution in [1.29, 1.82) is 0 Å². The Morgan fingerprint density at radius 3 is 2.66 bits per heavy atom. The van der Waals surface area contributed by atoms with Gasteiger partial charge in [0, 0.05) is 23.6 Å². The molecule has 1 fully saturated rings. The highest BCUT2D eigenvalue weighted by Gasteiger charge is 2.18. The number of aryl methyl sites for hydroxylation is 1. The number of primary amides is 1. The minimum absolute atomic E-state index is 0.453. The van der Waals surface area contributed by atoms with Gasteiger partial charge in [0.25, 0.3) is 0 Å². The lowest BCUT2D eigenvalue weighted by molar-refractivity contribution is 0.0999. The van der Waals surface area contributed by atoms with E-state index in [9.17, 15) is 4.79 Å². The van der Waals surface area contributed by atoms with E-state index in [-0.39, 0.29) is 0 Å². The second kappa shape index (κ2) is 8.45. The van der Waals surface area contributed by atoms with E-state index in [0.29, 0.717) is 23.7 Å². The predicted molar refractivity (Wildman–Crippen MR) is 111 cm³/mol. The number of rotatable bonds is 6. The molecule has 3 aromatic rings. The standard InChI is InChI=1S/C22H25N5O2/c1-14-5-6-16(29-14)13-18-17(22(23)28)3-2-4-20(18)25-21-8-7-19(26-27-21)15-9-11-24-12-10-15/h2-8,15,24H,9-13H2,1H3,(H2,23,28)(H,25,27). The number of carbonyl (C=O) groups is 1. The van der Waals surface area contributed by atoms with Gasteiger partial charge in [-0.3, -0.25) is 4.79 Å². The maximum atomic E-state index is 12.0. The van der Waals surface area contributed by atoms with Gasteiger partial charge in [0.1, 0.15) is 11.5 Å². The van der Waals surface area contributed by atoms with Crippen LogP contribution in [0.1, 0.15) is 51.9 Å². The number of nitrogens with one attached hydrogen (secondary N) is 2. The first-order valence-corrected chi connectivity index (χ1v) is 9.88. The number of benzene rings is 1. The van der Waals surface area contributed by atoms with Crippen LogP contribution in [0.2, 0.25) is 0 Å². The molecule has 2 aromatic heterocycles. The van der Waals surface area contributed by atoms with Gasteiger partial charge in [-0.15, -0.1) is 5.10 Å². The van der Waals surface area contributed by atoms with Gasteiger partial charge >= 0.3 is 0 Å². The van der Waals surface area contributed by atoms with E-state index >= 15 is 0 Å². The minimum atomic E-state index is -0.473. The molecule has 0 bridgehead atoms. The van der Waals surface area contributed by atoms with Crippen LogP contribution in [0.25, 0.3) is 0 Å². The van der Waals surface area contributed by atoms with Crippen molar-refractivity contribution in [2.75, 3.05) is 18.4 Å². The molecule has 4 N–H and O–H groups in total. The second-order valence-electron chi connectivity index (χ2n) is 7.38. The fourth-order valence-electron chi connectivity index (χ4n) is 3.76. The Hall–Kier alpha value is -3.19. The molecule has 1 aromatic carbocycles. The monoisotopic (exact) mass is 391 g/mol. The average molecular weight is 391 g/mol. The topological polar surface area (TPSA) is 106 Å². The van der Waals surface area contributed by atoms with Gasteiger partial charge in [0.05, 0.1) is 5.69 Å². The summed E-state index contributed by atoms with van der Waals surface area (Å²) in [4.78, 5) is 12.0. The van der Waals surface area contributed by atoms with E-state index in [1.165, 1.54) is 0 Å². The second-order valence-corrected chi connectivity index (χ2v) is 7.38. The van der Waals surface area contributed by atoms with Crippen molar-refractivity contribution in [2.24, 2.45) is 5.73 Å². The first kappa shape index (κ1) is 19.1. The van der Waals surface area contributed by atoms with Crippen LogP contribution in [-0.4, -0.2) is 29.2 Å². The van der Waals surface area contributed by atoms with Gasteiger partial charge in [-0.05, 0) is 74.8 Å². The number of nitrogens with zero attached hydrogens (tertiary/aromatic N) is 2. The van der Waals surface area contributed by atoms with Crippen LogP contribution in [0.5, 0.6) is 0 Å². The van der Waals surface area contributed by atoms with Crippen molar-refractivity contribution in [2.45, 2.75) is 32.1 Å². The fraction of sp³-hybridized carbons (Fsp3) is 0.318. The summed E-state index contributed by atoms with van der Waals surface area (Å²) in [6.07, 6.45) is 2.61. The molecule has 3 heterocycles. The van der Waals surface area contributed by atoms with Crippen molar-refractivity contribution in [1.82, 2.24) is 15.5 Å². The van der Waals surface area contributed by atoms with Crippen LogP contribution in [0.15, 0.2) is 46.9 Å². The lowest BCUT2D eigenvalue weighted by Gasteiger charge is -2.21. The van der Waals surface area contributed by atoms with Crippen molar-refractivity contribution in [3.8, 4) is 0 Å². The summed E-state index contributed by atoms with van der Waals surface area (Å²) in [7, 11) is 0. The van der Waals surface area contributed by atoms with Crippen LogP contribution < -0.4 is 16.4 Å². The van der Waals surface area contributed by atoms with Crippen molar-refractivity contribution in [3.05, 3.63) is 70.8 Å². The highest BCUT2D eigenvalue weighted by Crippen LogP contribution is 2.28. The largest absolute Gasteiger partial charge is 0.466 e. The molecule has 7 nitrogen and oxygen atoms in total. The Morgan fingerprint density at radius 1 is 1.17 bits per heavy atom. The summed E-state index contributed by atoms with van der Waals surface area (Å²) in [5.74, 6) is 2.20. The molecule has 0 unspecified atom stereocenters. The zero-order valence-corrected chi connectivity index (χ0v) is 16.4. The highest BCUT2D eigenvalue weighted by atomic mass is 16.3. The number of piperidine rings is 1. The van der Waals surface area contributed by atoms with E-state index < -0.39 is 5.91 Å². The molecule has 1 aliphatic rings. The molecule has 1 amide bonds. The van der Waals surface area contributed by atoms with Gasteiger partial charge in [-0.25, -0.2) is 0 Å². The molecular formula is C22H25N5O2. The Kier molecular flexibility index (Phi) is 5.57. The summed E-state index contributed by atoms with van der Waals surface area (Å²) < 4.78 is 5.70. The quantitative estimate of drug-likeness (QED) is 0.595. The highest BCUT2D eigenvalue weighted by molar-refractivity contribution is 5.96. The van der Waals surface area contributed by atoms with Crippen LogP contribution in [0, 0.1) is 6.92 Å². The number of aromatic nitrogens is 2. The van der Waals surface area contributed by atoms with Crippen LogP contribution >= 0.6 is 0 Å². The average Bonchev–Trinajstić information content (AvgIpc) is 3.15. The third-order valence-electron chi connectivity index (χ3n) is 5.29. The number of furan rings is 1. The van der Waals surface area contributed by atoms with Gasteiger partial charge in [-0.1, -0.05) is 6.07 Å². The van der Waals surface area contributed by atoms with Gasteiger partial charge < -0.3 is 20.8 Å². The van der Waals surface area contributed by atoms with Gasteiger partial charge in [-0.2, -0.15) is 5.10 Å². The summed E-state index contributed by atoms with van der Waals surface area (Å²) in [6, 6.07) is 13.2. The zero-order valence-electron chi connectivity index (χ0n) is 16.4. The molecule has 7 heteroatoms. The third kappa shape index (κ3) is 4.46. The van der Waals surface area contributed by atoms with Crippen LogP contribution in [0.4, 0.5) is 11.5 Å². The molecule has 29 heavy (non-hydrogen) atoms. The Balaban J connectivity index is 1.59. The summed E-state index contributed by atoms with van der Waals surface area (Å²) in [5, 5.41) is 15.4. The fourth-order valence-corrected chi connectivity index (χ4v) is 3.76. The molecule has 0 spiro atoms. The maximum Gasteiger partial charge on any atom is 0.249 e. The third-order valence-corrected chi connectivity index (χ3v) is 5.29. The predicted octanol–water partition coefficient (Wildman–Crippen LogP) is 3.28. The molecule has 4 rings (SSSR count). The lowest BCUT2D eigenvalue weighted by Crippen LogP contribution is -2.27. The number of amides is 1. The van der Waals surface area contributed by atoms with E-state index in [1.54, 1.807) is 12.1 Å². The molecule has 150 valence electrons. The molecule has 1 aliphatic heterocycles. The summed E-state index contributed by atoms with van der Waals surface area (Å²) >= 11 is 0. The lowest BCUT2D eigenvalue weighted by atomic mass is 9.94. The smallest absolute Gasteiger partial charge is 0.249 e. The Bertz CT molecular complexity index is 991. The van der Waals surface area contributed by atoms with Crippen LogP contribution in [-0.2, 0) is 6.42 Å². The van der Waals surface area contributed by atoms with Crippen molar-refractivity contribution in [3.63, 3.8) is 0 Å². The molecule has 0 atom stereocenters. The molecular weight excluding hydrogens is 366 g/mol. The number of hydrogen-bond acceptors (Lipinski definition) is 6. The van der Waals surface area contributed by atoms with E-state index in [0.717, 1.165) is 54.4 Å². The number of anilines is 2. The van der Waals surface area contributed by atoms with Crippen molar-refractivity contribution >= 4 is 17.4 Å². The van der Waals surface area contributed by atoms with Gasteiger partial charge in [0.2, 0.25) is 5.91 Å². The first-order valence-electron chi connectivity index (χ1n) is 9.88. The minimum Gasteiger partial charge on any atom is -0.466 e. The van der Waals surface area contributed by atoms with E-state index in [2.05, 4.69) is 20.8 Å². The van der Waals surface area contributed by atoms with Crippen molar-refractivity contribution < 1.29 is 9.21 Å². The zero-order chi connectivity index (χ0) is 20.2. The van der Waals surface area contributed by atoms with E-state index in [4.69, 9.17) is 10.2 Å². The molecule has 0 saturated carbocycles. The number of nitrogens with two attached hydrogens (primary N) is 1. The van der Waals surface area contributed by atoms with Crippen LogP contribution in [0.3, 0.4) is 0 Å². The Labute approximate surface area is 169 Å². The molecule has 1 saturated heterocycles. The van der Waals surface area contributed by atoms with E-state index in [1.807, 2.05) is 37.3 Å². The molecule has 0 radical (unpaired) electrons. The number of hydrogen-bond donors (Lipinski definition) is 3. The van der Waals surface area contributed by atoms with Gasteiger partial charge in [0.15, 0.2) is 5.82 Å². The summed E-state index contributed by atoms with van der Waals surface area (Å²) in [5.41, 5.74) is 8.63. The SMILES string of the molecule is Cc1ccc(Cc2c(Nc3ccc(C4CCNCC4)nn3)cccc2C(N)=O)o1. The Morgan fingerprint density at radius 2 is 2.00 bits per heavy atom.